The molecule has 1 amide bonds. The molecule has 1 aromatic heterocycles. The molecule has 4 rings (SSSR count). The summed E-state index contributed by atoms with van der Waals surface area (Å²) in [7, 11) is 0. The molecule has 1 aliphatic heterocycles. The largest absolute Gasteiger partial charge is 0.486 e. The first-order valence-corrected chi connectivity index (χ1v) is 13.1. The highest BCUT2D eigenvalue weighted by Gasteiger charge is 2.19. The lowest BCUT2D eigenvalue weighted by Crippen LogP contribution is -2.22. The van der Waals surface area contributed by atoms with Gasteiger partial charge in [-0.1, -0.05) is 73.0 Å². The Hall–Kier alpha value is -2.23. The van der Waals surface area contributed by atoms with Gasteiger partial charge < -0.3 is 14.8 Å². The standard InChI is InChI=1S/C23H25N3O3S3/c1-14(2)17-6-4-16(5-7-17)13-30-22-25-26-23(32-22)31-15(3)21(27)24-18-8-9-19-20(12-18)29-11-10-28-19/h4-9,12,14-15H,10-11,13H2,1-3H3,(H,24,27). The molecule has 0 aliphatic carbocycles. The number of hydrogen-bond donors (Lipinski definition) is 1. The zero-order valence-corrected chi connectivity index (χ0v) is 20.6. The fourth-order valence-corrected chi connectivity index (χ4v) is 6.14. The number of nitrogens with zero attached hydrogens (tertiary/aromatic N) is 2. The molecule has 1 N–H and O–H groups in total. The van der Waals surface area contributed by atoms with Crippen LogP contribution in [0.2, 0.25) is 0 Å². The van der Waals surface area contributed by atoms with Crippen LogP contribution in [0.5, 0.6) is 11.5 Å². The summed E-state index contributed by atoms with van der Waals surface area (Å²) < 4.78 is 12.8. The molecular formula is C23H25N3O3S3. The van der Waals surface area contributed by atoms with E-state index in [1.165, 1.54) is 34.2 Å². The number of hydrogen-bond acceptors (Lipinski definition) is 8. The van der Waals surface area contributed by atoms with Crippen LogP contribution in [-0.4, -0.2) is 34.6 Å². The van der Waals surface area contributed by atoms with Crippen molar-refractivity contribution in [3.63, 3.8) is 0 Å². The molecule has 0 saturated heterocycles. The van der Waals surface area contributed by atoms with Crippen LogP contribution in [0, 0.1) is 0 Å². The summed E-state index contributed by atoms with van der Waals surface area (Å²) in [4.78, 5) is 12.6. The van der Waals surface area contributed by atoms with Gasteiger partial charge in [-0.25, -0.2) is 0 Å². The number of aromatic nitrogens is 2. The van der Waals surface area contributed by atoms with Gasteiger partial charge in [0.2, 0.25) is 5.91 Å². The number of benzene rings is 2. The first kappa shape index (κ1) is 22.9. The van der Waals surface area contributed by atoms with Crippen LogP contribution in [0.1, 0.15) is 37.8 Å². The minimum absolute atomic E-state index is 0.0960. The third-order valence-corrected chi connectivity index (χ3v) is 8.17. The third-order valence-electron chi connectivity index (χ3n) is 4.85. The second kappa shape index (κ2) is 10.6. The van der Waals surface area contributed by atoms with Gasteiger partial charge in [0.1, 0.15) is 13.2 Å². The molecule has 0 fully saturated rings. The lowest BCUT2D eigenvalue weighted by atomic mass is 10.0. The van der Waals surface area contributed by atoms with E-state index in [2.05, 4.69) is 53.6 Å². The minimum atomic E-state index is -0.308. The van der Waals surface area contributed by atoms with E-state index in [-0.39, 0.29) is 11.2 Å². The monoisotopic (exact) mass is 487 g/mol. The van der Waals surface area contributed by atoms with Crippen LogP contribution in [0.4, 0.5) is 5.69 Å². The lowest BCUT2D eigenvalue weighted by molar-refractivity contribution is -0.115. The van der Waals surface area contributed by atoms with Crippen molar-refractivity contribution in [1.29, 1.82) is 0 Å². The Bertz CT molecular complexity index is 1070. The predicted molar refractivity (Wildman–Crippen MR) is 131 cm³/mol. The number of fused-ring (bicyclic) bond motifs is 1. The Labute approximate surface area is 200 Å². The summed E-state index contributed by atoms with van der Waals surface area (Å²) in [5, 5.41) is 11.1. The highest BCUT2D eigenvalue weighted by Crippen LogP contribution is 2.35. The number of carbonyl (C=O) groups is 1. The summed E-state index contributed by atoms with van der Waals surface area (Å²) in [6.07, 6.45) is 0. The highest BCUT2D eigenvalue weighted by molar-refractivity contribution is 8.03. The van der Waals surface area contributed by atoms with Crippen LogP contribution in [0.3, 0.4) is 0 Å². The van der Waals surface area contributed by atoms with E-state index in [0.29, 0.717) is 36.3 Å². The van der Waals surface area contributed by atoms with E-state index in [1.807, 2.05) is 19.1 Å². The maximum absolute atomic E-state index is 12.6. The SMILES string of the molecule is CC(Sc1nnc(SCc2ccc(C(C)C)cc2)s1)C(=O)Nc1ccc2c(c1)OCCO2. The quantitative estimate of drug-likeness (QED) is 0.400. The number of rotatable bonds is 8. The second-order valence-corrected chi connectivity index (χ2v) is 11.4. The number of amides is 1. The number of anilines is 1. The minimum Gasteiger partial charge on any atom is -0.486 e. The van der Waals surface area contributed by atoms with Gasteiger partial charge in [0.25, 0.3) is 0 Å². The maximum Gasteiger partial charge on any atom is 0.237 e. The van der Waals surface area contributed by atoms with E-state index >= 15 is 0 Å². The van der Waals surface area contributed by atoms with Gasteiger partial charge in [0.05, 0.1) is 5.25 Å². The molecule has 1 aliphatic rings. The number of thioether (sulfide) groups is 2. The number of ether oxygens (including phenoxy) is 2. The Balaban J connectivity index is 1.28. The maximum atomic E-state index is 12.6. The molecule has 0 bridgehead atoms. The Morgan fingerprint density at radius 2 is 1.75 bits per heavy atom. The average Bonchev–Trinajstić information content (AvgIpc) is 3.25. The average molecular weight is 488 g/mol. The summed E-state index contributed by atoms with van der Waals surface area (Å²) in [5.41, 5.74) is 3.29. The molecule has 3 aromatic rings. The van der Waals surface area contributed by atoms with Crippen LogP contribution in [0.25, 0.3) is 0 Å². The molecule has 6 nitrogen and oxygen atoms in total. The van der Waals surface area contributed by atoms with Crippen molar-refractivity contribution in [2.24, 2.45) is 0 Å². The molecule has 0 radical (unpaired) electrons. The van der Waals surface area contributed by atoms with Crippen molar-refractivity contribution in [1.82, 2.24) is 10.2 Å². The van der Waals surface area contributed by atoms with Gasteiger partial charge in [-0.2, -0.15) is 0 Å². The van der Waals surface area contributed by atoms with Gasteiger partial charge in [-0.15, -0.1) is 10.2 Å². The van der Waals surface area contributed by atoms with Crippen LogP contribution >= 0.6 is 34.9 Å². The normalized spacial score (nSPS) is 13.8. The Morgan fingerprint density at radius 1 is 1.03 bits per heavy atom. The number of carbonyl (C=O) groups excluding carboxylic acids is 1. The zero-order valence-electron chi connectivity index (χ0n) is 18.2. The predicted octanol–water partition coefficient (Wildman–Crippen LogP) is 5.84. The van der Waals surface area contributed by atoms with Crippen molar-refractivity contribution in [3.05, 3.63) is 53.6 Å². The van der Waals surface area contributed by atoms with Crippen LogP contribution in [0.15, 0.2) is 51.1 Å². The highest BCUT2D eigenvalue weighted by atomic mass is 32.2. The topological polar surface area (TPSA) is 73.3 Å². The summed E-state index contributed by atoms with van der Waals surface area (Å²) in [6, 6.07) is 14.1. The van der Waals surface area contributed by atoms with E-state index in [0.717, 1.165) is 14.4 Å². The molecule has 2 aromatic carbocycles. The molecule has 168 valence electrons. The molecule has 2 heterocycles. The Kier molecular flexibility index (Phi) is 7.59. The van der Waals surface area contributed by atoms with Gasteiger partial charge >= 0.3 is 0 Å². The molecule has 0 spiro atoms. The summed E-state index contributed by atoms with van der Waals surface area (Å²) >= 11 is 4.59. The van der Waals surface area contributed by atoms with Gasteiger partial charge in [0.15, 0.2) is 20.2 Å². The van der Waals surface area contributed by atoms with E-state index < -0.39 is 0 Å². The molecule has 1 atom stereocenters. The van der Waals surface area contributed by atoms with Gasteiger partial charge in [-0.05, 0) is 36.1 Å². The van der Waals surface area contributed by atoms with E-state index in [1.54, 1.807) is 17.8 Å². The van der Waals surface area contributed by atoms with Crippen molar-refractivity contribution < 1.29 is 14.3 Å². The van der Waals surface area contributed by atoms with Gasteiger partial charge in [-0.3, -0.25) is 4.79 Å². The first-order valence-electron chi connectivity index (χ1n) is 10.4. The van der Waals surface area contributed by atoms with Crippen molar-refractivity contribution in [3.8, 4) is 11.5 Å². The van der Waals surface area contributed by atoms with E-state index in [9.17, 15) is 4.79 Å². The number of nitrogens with one attached hydrogen (secondary N) is 1. The molecule has 9 heteroatoms. The fourth-order valence-electron chi connectivity index (χ4n) is 3.02. The van der Waals surface area contributed by atoms with Crippen LogP contribution < -0.4 is 14.8 Å². The first-order chi connectivity index (χ1) is 15.5. The summed E-state index contributed by atoms with van der Waals surface area (Å²) in [5.74, 6) is 2.64. The molecule has 0 saturated carbocycles. The molecule has 32 heavy (non-hydrogen) atoms. The second-order valence-electron chi connectivity index (χ2n) is 7.63. The molecule has 1 unspecified atom stereocenters. The van der Waals surface area contributed by atoms with Crippen molar-refractivity contribution >= 4 is 46.5 Å². The molecular weight excluding hydrogens is 462 g/mol. The fraction of sp³-hybridized carbons (Fsp3) is 0.348. The van der Waals surface area contributed by atoms with Crippen molar-refractivity contribution in [2.75, 3.05) is 18.5 Å². The van der Waals surface area contributed by atoms with Crippen LogP contribution in [-0.2, 0) is 10.5 Å². The zero-order chi connectivity index (χ0) is 22.5. The van der Waals surface area contributed by atoms with Gasteiger partial charge in [0, 0.05) is 17.5 Å². The smallest absolute Gasteiger partial charge is 0.237 e. The third kappa shape index (κ3) is 5.96. The van der Waals surface area contributed by atoms with E-state index in [4.69, 9.17) is 9.47 Å². The Morgan fingerprint density at radius 3 is 2.50 bits per heavy atom. The van der Waals surface area contributed by atoms with Crippen molar-refractivity contribution in [2.45, 2.75) is 46.4 Å². The lowest BCUT2D eigenvalue weighted by Gasteiger charge is -2.19. The summed E-state index contributed by atoms with van der Waals surface area (Å²) in [6.45, 7) is 7.31.